The van der Waals surface area contributed by atoms with Crippen molar-refractivity contribution in [2.24, 2.45) is 5.41 Å². The van der Waals surface area contributed by atoms with E-state index in [9.17, 15) is 38.4 Å². The molecule has 0 unspecified atom stereocenters. The van der Waals surface area contributed by atoms with Crippen molar-refractivity contribution in [2.45, 2.75) is 27.7 Å². The summed E-state index contributed by atoms with van der Waals surface area (Å²) in [7, 11) is 0. The number of carbonyl (C=O) groups is 8. The summed E-state index contributed by atoms with van der Waals surface area (Å²) in [6.45, 7) is 3.09. The first kappa shape index (κ1) is 44.6. The van der Waals surface area contributed by atoms with Crippen LogP contribution in [0.3, 0.4) is 0 Å². The van der Waals surface area contributed by atoms with Gasteiger partial charge in [-0.25, -0.2) is 19.2 Å². The molecule has 0 aliphatic heterocycles. The minimum absolute atomic E-state index is 0.0759. The highest BCUT2D eigenvalue weighted by Gasteiger charge is 2.33. The van der Waals surface area contributed by atoms with E-state index in [1.54, 1.807) is 0 Å². The van der Waals surface area contributed by atoms with Crippen LogP contribution in [0, 0.1) is 5.41 Å². The van der Waals surface area contributed by atoms with Crippen LogP contribution in [0.25, 0.3) is 0 Å². The minimum Gasteiger partial charge on any atom is -0.447 e. The Morgan fingerprint density at radius 2 is 0.571 bits per heavy atom. The second-order valence-electron chi connectivity index (χ2n) is 10.5. The Morgan fingerprint density at radius 1 is 0.367 bits per heavy atom. The van der Waals surface area contributed by atoms with Gasteiger partial charge in [-0.1, -0.05) is 0 Å². The number of rotatable bonds is 28. The lowest BCUT2D eigenvalue weighted by Gasteiger charge is -2.33. The maximum absolute atomic E-state index is 11.7. The summed E-state index contributed by atoms with van der Waals surface area (Å²) in [6.07, 6.45) is -3.25. The van der Waals surface area contributed by atoms with Crippen molar-refractivity contribution in [3.05, 3.63) is 0 Å². The molecule has 0 fully saturated rings. The van der Waals surface area contributed by atoms with Gasteiger partial charge in [0.1, 0.15) is 49.6 Å². The van der Waals surface area contributed by atoms with E-state index < -0.39 is 29.8 Å². The summed E-state index contributed by atoms with van der Waals surface area (Å²) in [6, 6.07) is 0. The number of Topliss-reactive ketones (excluding diaryl/α,β-unsaturated/α-hetero) is 4. The van der Waals surface area contributed by atoms with Crippen molar-refractivity contribution in [3.8, 4) is 0 Å². The number of hydrogen-bond donors (Lipinski definition) is 4. The molecule has 0 aliphatic rings. The Balaban J connectivity index is 5.34. The third-order valence-electron chi connectivity index (χ3n) is 5.40. The van der Waals surface area contributed by atoms with Gasteiger partial charge in [-0.05, 0) is 27.7 Å². The van der Waals surface area contributed by atoms with Gasteiger partial charge < -0.3 is 59.2 Å². The van der Waals surface area contributed by atoms with Crippen molar-refractivity contribution in [1.29, 1.82) is 0 Å². The van der Waals surface area contributed by atoms with Gasteiger partial charge in [0.2, 0.25) is 0 Å². The van der Waals surface area contributed by atoms with E-state index in [1.807, 2.05) is 0 Å². The third kappa shape index (κ3) is 28.3. The summed E-state index contributed by atoms with van der Waals surface area (Å²) in [4.78, 5) is 91.0. The average molecular weight is 709 g/mol. The first-order valence-electron chi connectivity index (χ1n) is 15.2. The van der Waals surface area contributed by atoms with Crippen LogP contribution in [0.2, 0.25) is 0 Å². The molecular formula is C29H48N4O16. The second kappa shape index (κ2) is 27.5. The lowest BCUT2D eigenvalue weighted by atomic mass is 9.92. The highest BCUT2D eigenvalue weighted by molar-refractivity contribution is 5.83. The van der Waals surface area contributed by atoms with Gasteiger partial charge in [-0.15, -0.1) is 0 Å². The average Bonchev–Trinajstić information content (AvgIpc) is 3.03. The van der Waals surface area contributed by atoms with Crippen LogP contribution >= 0.6 is 0 Å². The van der Waals surface area contributed by atoms with E-state index in [0.29, 0.717) is 0 Å². The maximum atomic E-state index is 11.7. The molecule has 0 saturated carbocycles. The number of hydrogen-bond acceptors (Lipinski definition) is 16. The molecule has 0 saturated heterocycles. The molecule has 0 aromatic carbocycles. The molecule has 0 radical (unpaired) electrons. The van der Waals surface area contributed by atoms with Crippen LogP contribution in [-0.2, 0) is 57.1 Å². The van der Waals surface area contributed by atoms with Gasteiger partial charge in [0.25, 0.3) is 0 Å². The fraction of sp³-hybridized carbons (Fsp3) is 0.724. The Labute approximate surface area is 283 Å². The SMILES string of the molecule is CC(=O)CNC(=O)OCCOCC(COCCOC(=O)NCC(C)=O)(COCCOC(=O)NCC(C)=O)COCCOC(=O)NCC(C)=O. The highest BCUT2D eigenvalue weighted by atomic mass is 16.6. The van der Waals surface area contributed by atoms with Crippen LogP contribution < -0.4 is 21.3 Å². The van der Waals surface area contributed by atoms with Crippen molar-refractivity contribution < 1.29 is 76.3 Å². The summed E-state index contributed by atoms with van der Waals surface area (Å²) in [5.41, 5.74) is -1.07. The fourth-order valence-electron chi connectivity index (χ4n) is 3.17. The zero-order chi connectivity index (χ0) is 36.9. The molecule has 20 heteroatoms. The van der Waals surface area contributed by atoms with E-state index in [0.717, 1.165) is 0 Å². The summed E-state index contributed by atoms with van der Waals surface area (Å²) < 4.78 is 42.8. The molecule has 0 aliphatic carbocycles. The van der Waals surface area contributed by atoms with Gasteiger partial charge >= 0.3 is 24.4 Å². The van der Waals surface area contributed by atoms with Gasteiger partial charge in [0.15, 0.2) is 0 Å². The van der Waals surface area contributed by atoms with E-state index in [4.69, 9.17) is 37.9 Å². The molecule has 0 aromatic rings. The van der Waals surface area contributed by atoms with Crippen molar-refractivity contribution in [2.75, 3.05) is 105 Å². The predicted octanol–water partition coefficient (Wildman–Crippen LogP) is -0.700. The van der Waals surface area contributed by atoms with Crippen LogP contribution in [0.15, 0.2) is 0 Å². The summed E-state index contributed by atoms with van der Waals surface area (Å²) >= 11 is 0. The molecule has 280 valence electrons. The molecule has 4 N–H and O–H groups in total. The van der Waals surface area contributed by atoms with Crippen LogP contribution in [0.4, 0.5) is 19.2 Å². The summed E-state index contributed by atoms with van der Waals surface area (Å²) in [5.74, 6) is -1.04. The van der Waals surface area contributed by atoms with Crippen LogP contribution in [0.1, 0.15) is 27.7 Å². The number of ether oxygens (including phenoxy) is 8. The number of nitrogens with one attached hydrogen (secondary N) is 4. The molecular weight excluding hydrogens is 660 g/mol. The van der Waals surface area contributed by atoms with E-state index in [1.165, 1.54) is 27.7 Å². The monoisotopic (exact) mass is 708 g/mol. The Morgan fingerprint density at radius 3 is 0.755 bits per heavy atom. The zero-order valence-electron chi connectivity index (χ0n) is 28.3. The third-order valence-corrected chi connectivity index (χ3v) is 5.40. The lowest BCUT2D eigenvalue weighted by molar-refractivity contribution is -0.116. The lowest BCUT2D eigenvalue weighted by Crippen LogP contribution is -2.43. The largest absolute Gasteiger partial charge is 0.447 e. The zero-order valence-corrected chi connectivity index (χ0v) is 28.3. The maximum Gasteiger partial charge on any atom is 0.407 e. The normalized spacial score (nSPS) is 10.7. The molecule has 20 nitrogen and oxygen atoms in total. The van der Waals surface area contributed by atoms with Gasteiger partial charge in [-0.2, -0.15) is 0 Å². The van der Waals surface area contributed by atoms with Gasteiger partial charge in [0.05, 0.1) is 84.4 Å². The summed E-state index contributed by atoms with van der Waals surface area (Å²) in [5, 5.41) is 9.10. The van der Waals surface area contributed by atoms with Crippen LogP contribution in [-0.4, -0.2) is 153 Å². The Hall–Kier alpha value is -4.40. The Bertz CT molecular complexity index is 905. The smallest absolute Gasteiger partial charge is 0.407 e. The molecule has 0 bridgehead atoms. The molecule has 0 atom stereocenters. The van der Waals surface area contributed by atoms with Crippen molar-refractivity contribution >= 4 is 47.5 Å². The standard InChI is InChI=1S/C29H48N4O16/c1-21(34)13-30-25(38)46-9-5-42-17-29(18-43-6-10-47-26(39)31-14-22(2)35,19-44-7-11-48-27(40)32-15-23(3)36)20-45-8-12-49-28(41)33-16-24(4)37/h5-20H2,1-4H3,(H,30,38)(H,31,39)(H,32,40)(H,33,41). The molecule has 4 amide bonds. The first-order valence-corrected chi connectivity index (χ1v) is 15.2. The predicted molar refractivity (Wildman–Crippen MR) is 166 cm³/mol. The first-order chi connectivity index (χ1) is 23.2. The fourth-order valence-corrected chi connectivity index (χ4v) is 3.17. The Kier molecular flexibility index (Phi) is 25.1. The molecule has 0 spiro atoms. The topological polar surface area (TPSA) is 259 Å². The van der Waals surface area contributed by atoms with E-state index >= 15 is 0 Å². The highest BCUT2D eigenvalue weighted by Crippen LogP contribution is 2.21. The number of amides is 4. The molecule has 0 heterocycles. The van der Waals surface area contributed by atoms with Crippen LogP contribution in [0.5, 0.6) is 0 Å². The number of alkyl carbamates (subject to hydrolysis) is 4. The number of ketones is 4. The number of carbonyl (C=O) groups excluding carboxylic acids is 8. The van der Waals surface area contributed by atoms with E-state index in [-0.39, 0.29) is 129 Å². The van der Waals surface area contributed by atoms with Crippen molar-refractivity contribution in [3.63, 3.8) is 0 Å². The van der Waals surface area contributed by atoms with Gasteiger partial charge in [-0.3, -0.25) is 19.2 Å². The van der Waals surface area contributed by atoms with Crippen molar-refractivity contribution in [1.82, 2.24) is 21.3 Å². The van der Waals surface area contributed by atoms with E-state index in [2.05, 4.69) is 21.3 Å². The second-order valence-corrected chi connectivity index (χ2v) is 10.5. The quantitative estimate of drug-likeness (QED) is 0.0579. The molecule has 0 rings (SSSR count). The molecule has 49 heavy (non-hydrogen) atoms. The molecule has 0 aromatic heterocycles. The minimum atomic E-state index is -1.07. The van der Waals surface area contributed by atoms with Gasteiger partial charge in [0, 0.05) is 0 Å².